The highest BCUT2D eigenvalue weighted by Crippen LogP contribution is 2.30. The van der Waals surface area contributed by atoms with Gasteiger partial charge in [0.1, 0.15) is 0 Å². The molecule has 3 heterocycles. The number of fused-ring (bicyclic) bond motifs is 1. The zero-order valence-corrected chi connectivity index (χ0v) is 18.2. The van der Waals surface area contributed by atoms with Gasteiger partial charge in [-0.15, -0.1) is 0 Å². The fraction of sp³-hybridized carbons (Fsp3) is 0.435. The highest BCUT2D eigenvalue weighted by atomic mass is 16.2. The van der Waals surface area contributed by atoms with E-state index in [1.807, 2.05) is 24.3 Å². The molecule has 0 fully saturated rings. The molecule has 2 aromatic heterocycles. The van der Waals surface area contributed by atoms with E-state index in [-0.39, 0.29) is 5.91 Å². The van der Waals surface area contributed by atoms with Crippen LogP contribution in [0.15, 0.2) is 36.7 Å². The maximum absolute atomic E-state index is 12.0. The minimum absolute atomic E-state index is 0.113. The van der Waals surface area contributed by atoms with E-state index < -0.39 is 0 Å². The molecule has 3 aromatic rings. The number of rotatable bonds is 6. The Bertz CT molecular complexity index is 1030. The molecule has 158 valence electrons. The number of carbonyl (C=O) groups is 1. The van der Waals surface area contributed by atoms with E-state index in [1.54, 1.807) is 11.6 Å². The van der Waals surface area contributed by atoms with Crippen molar-refractivity contribution in [3.63, 3.8) is 0 Å². The van der Waals surface area contributed by atoms with Crippen molar-refractivity contribution in [3.8, 4) is 11.1 Å². The molecule has 1 atom stereocenters. The first kappa shape index (κ1) is 20.2. The van der Waals surface area contributed by atoms with Crippen LogP contribution in [0.2, 0.25) is 0 Å². The summed E-state index contributed by atoms with van der Waals surface area (Å²) in [6.45, 7) is 8.37. The Hall–Kier alpha value is -3.09. The van der Waals surface area contributed by atoms with E-state index in [4.69, 9.17) is 5.10 Å². The number of benzene rings is 1. The second kappa shape index (κ2) is 8.34. The van der Waals surface area contributed by atoms with Gasteiger partial charge in [0.05, 0.1) is 12.7 Å². The second-order valence-corrected chi connectivity index (χ2v) is 8.26. The molecule has 0 spiro atoms. The van der Waals surface area contributed by atoms with Crippen LogP contribution in [-0.2, 0) is 31.4 Å². The van der Waals surface area contributed by atoms with Gasteiger partial charge in [-0.3, -0.25) is 14.2 Å². The largest absolute Gasteiger partial charge is 0.338 e. The summed E-state index contributed by atoms with van der Waals surface area (Å²) in [5.41, 5.74) is 5.59. The van der Waals surface area contributed by atoms with Crippen LogP contribution >= 0.6 is 0 Å². The number of amides is 1. The Morgan fingerprint density at radius 1 is 1.23 bits per heavy atom. The number of anilines is 2. The van der Waals surface area contributed by atoms with Crippen molar-refractivity contribution in [1.82, 2.24) is 24.5 Å². The zero-order chi connectivity index (χ0) is 21.3. The summed E-state index contributed by atoms with van der Waals surface area (Å²) in [6.07, 6.45) is 5.84. The Labute approximate surface area is 177 Å². The van der Waals surface area contributed by atoms with Crippen LogP contribution < -0.4 is 5.32 Å². The summed E-state index contributed by atoms with van der Waals surface area (Å²) in [6, 6.07) is 8.30. The van der Waals surface area contributed by atoms with Gasteiger partial charge in [0.25, 0.3) is 0 Å². The lowest BCUT2D eigenvalue weighted by Crippen LogP contribution is -2.35. The van der Waals surface area contributed by atoms with Crippen LogP contribution in [0, 0.1) is 5.92 Å². The van der Waals surface area contributed by atoms with Gasteiger partial charge < -0.3 is 10.2 Å². The first-order valence-corrected chi connectivity index (χ1v) is 10.6. The summed E-state index contributed by atoms with van der Waals surface area (Å²) in [5, 5.41) is 12.6. The third-order valence-corrected chi connectivity index (χ3v) is 5.95. The molecule has 0 saturated carbocycles. The van der Waals surface area contributed by atoms with E-state index in [0.717, 1.165) is 54.1 Å². The molecule has 4 rings (SSSR count). The minimum Gasteiger partial charge on any atom is -0.338 e. The normalized spacial score (nSPS) is 14.5. The molecule has 0 radical (unpaired) electrons. The van der Waals surface area contributed by atoms with Crippen LogP contribution in [0.4, 0.5) is 11.5 Å². The molecule has 30 heavy (non-hydrogen) atoms. The van der Waals surface area contributed by atoms with E-state index in [2.05, 4.69) is 53.2 Å². The standard InChI is InChI=1S/C23H30N6O/c1-5-16(2)13-29-22-10-11-28(17(3)30)15-21(22)23(26-29)25-20-8-6-18(7-9-20)19-12-24-27(4)14-19/h6-9,12,14,16H,5,10-11,13,15H2,1-4H3,(H,25,26). The zero-order valence-electron chi connectivity index (χ0n) is 18.2. The molecule has 1 unspecified atom stereocenters. The van der Waals surface area contributed by atoms with Gasteiger partial charge in [-0.2, -0.15) is 10.2 Å². The topological polar surface area (TPSA) is 68.0 Å². The number of carbonyl (C=O) groups excluding carboxylic acids is 1. The van der Waals surface area contributed by atoms with Crippen LogP contribution in [0.25, 0.3) is 11.1 Å². The highest BCUT2D eigenvalue weighted by Gasteiger charge is 2.26. The first-order chi connectivity index (χ1) is 14.4. The molecular weight excluding hydrogens is 376 g/mol. The summed E-state index contributed by atoms with van der Waals surface area (Å²) in [5.74, 6) is 1.53. The number of nitrogens with one attached hydrogen (secondary N) is 1. The number of hydrogen-bond donors (Lipinski definition) is 1. The average molecular weight is 407 g/mol. The quantitative estimate of drug-likeness (QED) is 0.672. The van der Waals surface area contributed by atoms with Gasteiger partial charge in [0.2, 0.25) is 5.91 Å². The average Bonchev–Trinajstić information content (AvgIpc) is 3.32. The molecule has 7 nitrogen and oxygen atoms in total. The summed E-state index contributed by atoms with van der Waals surface area (Å²) in [7, 11) is 1.92. The minimum atomic E-state index is 0.113. The molecule has 1 aliphatic heterocycles. The maximum Gasteiger partial charge on any atom is 0.219 e. The molecule has 1 N–H and O–H groups in total. The number of hydrogen-bond acceptors (Lipinski definition) is 4. The summed E-state index contributed by atoms with van der Waals surface area (Å²) >= 11 is 0. The fourth-order valence-electron chi connectivity index (χ4n) is 3.89. The van der Waals surface area contributed by atoms with Gasteiger partial charge in [-0.25, -0.2) is 0 Å². The number of aryl methyl sites for hydroxylation is 1. The van der Waals surface area contributed by atoms with E-state index in [9.17, 15) is 4.79 Å². The molecule has 0 aliphatic carbocycles. The molecule has 7 heteroatoms. The lowest BCUT2D eigenvalue weighted by Gasteiger charge is -2.27. The third-order valence-electron chi connectivity index (χ3n) is 5.95. The van der Waals surface area contributed by atoms with Crippen molar-refractivity contribution >= 4 is 17.4 Å². The predicted molar refractivity (Wildman–Crippen MR) is 118 cm³/mol. The van der Waals surface area contributed by atoms with Gasteiger partial charge in [0, 0.05) is 62.2 Å². The lowest BCUT2D eigenvalue weighted by atomic mass is 10.1. The molecule has 1 amide bonds. The van der Waals surface area contributed by atoms with E-state index in [1.165, 1.54) is 5.69 Å². The van der Waals surface area contributed by atoms with Gasteiger partial charge in [0.15, 0.2) is 5.82 Å². The Morgan fingerprint density at radius 3 is 2.63 bits per heavy atom. The summed E-state index contributed by atoms with van der Waals surface area (Å²) < 4.78 is 3.95. The van der Waals surface area contributed by atoms with Crippen molar-refractivity contribution in [1.29, 1.82) is 0 Å². The summed E-state index contributed by atoms with van der Waals surface area (Å²) in [4.78, 5) is 13.9. The predicted octanol–water partition coefficient (Wildman–Crippen LogP) is 3.98. The lowest BCUT2D eigenvalue weighted by molar-refractivity contribution is -0.129. The maximum atomic E-state index is 12.0. The Morgan fingerprint density at radius 2 is 2.00 bits per heavy atom. The van der Waals surface area contributed by atoms with Gasteiger partial charge in [-0.05, 0) is 23.6 Å². The van der Waals surface area contributed by atoms with Crippen LogP contribution in [-0.4, -0.2) is 36.9 Å². The molecule has 1 aliphatic rings. The first-order valence-electron chi connectivity index (χ1n) is 10.6. The van der Waals surface area contributed by atoms with E-state index >= 15 is 0 Å². The highest BCUT2D eigenvalue weighted by molar-refractivity contribution is 5.74. The smallest absolute Gasteiger partial charge is 0.219 e. The number of aromatic nitrogens is 4. The molecule has 1 aromatic carbocycles. The fourth-order valence-corrected chi connectivity index (χ4v) is 3.89. The SMILES string of the molecule is CCC(C)Cn1nc(Nc2ccc(-c3cnn(C)c3)cc2)c2c1CCN(C(C)=O)C2. The van der Waals surface area contributed by atoms with Crippen LogP contribution in [0.3, 0.4) is 0 Å². The monoisotopic (exact) mass is 406 g/mol. The van der Waals surface area contributed by atoms with Gasteiger partial charge in [-0.1, -0.05) is 32.4 Å². The molecular formula is C23H30N6O. The van der Waals surface area contributed by atoms with Gasteiger partial charge >= 0.3 is 0 Å². The van der Waals surface area contributed by atoms with Crippen LogP contribution in [0.1, 0.15) is 38.4 Å². The van der Waals surface area contributed by atoms with Crippen molar-refractivity contribution in [3.05, 3.63) is 47.9 Å². The molecule has 0 bridgehead atoms. The Balaban J connectivity index is 1.60. The van der Waals surface area contributed by atoms with Crippen molar-refractivity contribution in [2.75, 3.05) is 11.9 Å². The Kier molecular flexibility index (Phi) is 5.61. The number of nitrogens with zero attached hydrogens (tertiary/aromatic N) is 5. The van der Waals surface area contributed by atoms with Crippen molar-refractivity contribution in [2.24, 2.45) is 13.0 Å². The molecule has 0 saturated heterocycles. The van der Waals surface area contributed by atoms with E-state index in [0.29, 0.717) is 12.5 Å². The second-order valence-electron chi connectivity index (χ2n) is 8.26. The van der Waals surface area contributed by atoms with Crippen molar-refractivity contribution < 1.29 is 4.79 Å². The van der Waals surface area contributed by atoms with Crippen LogP contribution in [0.5, 0.6) is 0 Å². The van der Waals surface area contributed by atoms with Crippen molar-refractivity contribution in [2.45, 2.75) is 46.7 Å². The third kappa shape index (κ3) is 4.10.